The van der Waals surface area contributed by atoms with Gasteiger partial charge < -0.3 is 14.8 Å². The minimum absolute atomic E-state index is 0.0367. The number of imidazole rings is 1. The average molecular weight is 429 g/mol. The van der Waals surface area contributed by atoms with Crippen molar-refractivity contribution in [1.29, 1.82) is 0 Å². The Kier molecular flexibility index (Phi) is 4.44. The molecule has 1 aliphatic rings. The number of aromatic nitrogens is 5. The van der Waals surface area contributed by atoms with Crippen molar-refractivity contribution in [2.75, 3.05) is 11.9 Å². The molecule has 0 bridgehead atoms. The van der Waals surface area contributed by atoms with Crippen LogP contribution in [0.25, 0.3) is 27.8 Å². The SMILES string of the molecule is CC(CO)c1c(F)c(Cl)c(-c2cn3cc(NC(=O)C4CC4)nc3cn2)c2cn[nH]c12. The van der Waals surface area contributed by atoms with Crippen LogP contribution in [0.3, 0.4) is 0 Å². The van der Waals surface area contributed by atoms with Crippen LogP contribution < -0.4 is 5.32 Å². The average Bonchev–Trinajstić information content (AvgIpc) is 3.36. The molecule has 1 saturated carbocycles. The van der Waals surface area contributed by atoms with E-state index in [1.54, 1.807) is 29.9 Å². The number of benzene rings is 1. The number of carbonyl (C=O) groups excluding carboxylic acids is 1. The van der Waals surface area contributed by atoms with Gasteiger partial charge in [0, 0.05) is 41.2 Å². The Hall–Kier alpha value is -3.04. The zero-order valence-corrected chi connectivity index (χ0v) is 16.7. The lowest BCUT2D eigenvalue weighted by molar-refractivity contribution is -0.117. The number of hydrogen-bond acceptors (Lipinski definition) is 5. The number of carbonyl (C=O) groups is 1. The molecule has 3 N–H and O–H groups in total. The minimum Gasteiger partial charge on any atom is -0.396 e. The molecule has 1 amide bonds. The van der Waals surface area contributed by atoms with Crippen LogP contribution in [0.15, 0.2) is 24.8 Å². The first-order valence-corrected chi connectivity index (χ1v) is 9.96. The van der Waals surface area contributed by atoms with Gasteiger partial charge in [-0.1, -0.05) is 18.5 Å². The zero-order valence-electron chi connectivity index (χ0n) is 16.0. The largest absolute Gasteiger partial charge is 0.396 e. The van der Waals surface area contributed by atoms with Crippen LogP contribution in [0.5, 0.6) is 0 Å². The quantitative estimate of drug-likeness (QED) is 0.450. The van der Waals surface area contributed by atoms with Gasteiger partial charge in [0.15, 0.2) is 11.5 Å². The Morgan fingerprint density at radius 3 is 2.97 bits per heavy atom. The summed E-state index contributed by atoms with van der Waals surface area (Å²) in [7, 11) is 0. The lowest BCUT2D eigenvalue weighted by Crippen LogP contribution is -2.13. The Labute approximate surface area is 175 Å². The second kappa shape index (κ2) is 7.03. The van der Waals surface area contributed by atoms with E-state index in [-0.39, 0.29) is 29.0 Å². The molecule has 30 heavy (non-hydrogen) atoms. The highest BCUT2D eigenvalue weighted by atomic mass is 35.5. The Morgan fingerprint density at radius 2 is 2.23 bits per heavy atom. The maximum Gasteiger partial charge on any atom is 0.228 e. The molecule has 1 atom stereocenters. The first-order valence-electron chi connectivity index (χ1n) is 9.58. The van der Waals surface area contributed by atoms with Gasteiger partial charge >= 0.3 is 0 Å². The van der Waals surface area contributed by atoms with E-state index in [2.05, 4.69) is 25.5 Å². The number of halogens is 2. The van der Waals surface area contributed by atoms with E-state index in [0.717, 1.165) is 12.8 Å². The molecule has 4 aromatic rings. The predicted molar refractivity (Wildman–Crippen MR) is 110 cm³/mol. The molecule has 0 spiro atoms. The van der Waals surface area contributed by atoms with Crippen molar-refractivity contribution in [1.82, 2.24) is 24.6 Å². The van der Waals surface area contributed by atoms with Crippen molar-refractivity contribution in [3.05, 3.63) is 41.2 Å². The van der Waals surface area contributed by atoms with Crippen LogP contribution in [-0.2, 0) is 4.79 Å². The van der Waals surface area contributed by atoms with Gasteiger partial charge in [-0.05, 0) is 12.8 Å². The smallest absolute Gasteiger partial charge is 0.228 e. The molecule has 1 aromatic carbocycles. The van der Waals surface area contributed by atoms with Crippen LogP contribution in [0.2, 0.25) is 5.02 Å². The van der Waals surface area contributed by atoms with E-state index >= 15 is 4.39 Å². The number of aliphatic hydroxyl groups is 1. The Morgan fingerprint density at radius 1 is 1.43 bits per heavy atom. The van der Waals surface area contributed by atoms with E-state index in [1.165, 1.54) is 6.20 Å². The Bertz CT molecular complexity index is 1300. The first kappa shape index (κ1) is 19.0. The van der Waals surface area contributed by atoms with Crippen molar-refractivity contribution in [3.63, 3.8) is 0 Å². The monoisotopic (exact) mass is 428 g/mol. The summed E-state index contributed by atoms with van der Waals surface area (Å²) in [6, 6.07) is 0. The molecule has 8 nitrogen and oxygen atoms in total. The van der Waals surface area contributed by atoms with Gasteiger partial charge in [0.1, 0.15) is 5.82 Å². The molecule has 3 heterocycles. The zero-order chi connectivity index (χ0) is 21.0. The van der Waals surface area contributed by atoms with E-state index in [1.807, 2.05) is 0 Å². The fourth-order valence-corrected chi connectivity index (χ4v) is 3.90. The molecule has 5 rings (SSSR count). The number of fused-ring (bicyclic) bond motifs is 2. The summed E-state index contributed by atoms with van der Waals surface area (Å²) in [5.41, 5.74) is 2.12. The van der Waals surface area contributed by atoms with Crippen molar-refractivity contribution >= 4 is 39.9 Å². The number of rotatable bonds is 5. The maximum absolute atomic E-state index is 15.2. The summed E-state index contributed by atoms with van der Waals surface area (Å²) >= 11 is 6.42. The fourth-order valence-electron chi connectivity index (χ4n) is 3.60. The maximum atomic E-state index is 15.2. The number of anilines is 1. The van der Waals surface area contributed by atoms with Gasteiger partial charge in [-0.25, -0.2) is 9.37 Å². The third-order valence-corrected chi connectivity index (χ3v) is 5.75. The van der Waals surface area contributed by atoms with Gasteiger partial charge in [-0.3, -0.25) is 14.9 Å². The number of aliphatic hydroxyl groups excluding tert-OH is 1. The standard InChI is InChI=1S/C20H18ClFN6O2/c1-9(8-29)15-18(22)17(21)16(11-4-24-27-19(11)15)12-6-28-7-13(25-14(28)5-23-12)26-20(30)10-2-3-10/h4-7,9-10,29H,2-3,8H2,1H3,(H,24,27)(H,26,30). The molecule has 0 radical (unpaired) electrons. The molecule has 1 aliphatic carbocycles. The number of hydrogen-bond donors (Lipinski definition) is 3. The molecule has 1 fully saturated rings. The third-order valence-electron chi connectivity index (χ3n) is 5.39. The minimum atomic E-state index is -0.616. The summed E-state index contributed by atoms with van der Waals surface area (Å²) in [6.07, 6.45) is 8.26. The highest BCUT2D eigenvalue weighted by Gasteiger charge is 2.30. The number of amides is 1. The van der Waals surface area contributed by atoms with Crippen LogP contribution in [0.4, 0.5) is 10.2 Å². The van der Waals surface area contributed by atoms with Gasteiger partial charge in [0.25, 0.3) is 0 Å². The number of nitrogens with one attached hydrogen (secondary N) is 2. The Balaban J connectivity index is 1.62. The van der Waals surface area contributed by atoms with Crippen molar-refractivity contribution in [2.24, 2.45) is 5.92 Å². The van der Waals surface area contributed by atoms with Crippen LogP contribution >= 0.6 is 11.6 Å². The predicted octanol–water partition coefficient (Wildman–Crippen LogP) is 3.51. The summed E-state index contributed by atoms with van der Waals surface area (Å²) in [4.78, 5) is 20.7. The highest BCUT2D eigenvalue weighted by molar-refractivity contribution is 6.35. The number of aromatic amines is 1. The van der Waals surface area contributed by atoms with Gasteiger partial charge in [-0.2, -0.15) is 5.10 Å². The molecule has 1 unspecified atom stereocenters. The summed E-state index contributed by atoms with van der Waals surface area (Å²) < 4.78 is 16.9. The third kappa shape index (κ3) is 3.01. The van der Waals surface area contributed by atoms with Crippen LogP contribution in [0, 0.1) is 11.7 Å². The van der Waals surface area contributed by atoms with E-state index in [4.69, 9.17) is 11.6 Å². The van der Waals surface area contributed by atoms with Crippen LogP contribution in [-0.4, -0.2) is 42.2 Å². The lowest BCUT2D eigenvalue weighted by atomic mass is 9.95. The summed E-state index contributed by atoms with van der Waals surface area (Å²) in [5.74, 6) is -0.607. The van der Waals surface area contributed by atoms with Crippen molar-refractivity contribution in [3.8, 4) is 11.3 Å². The molecule has 154 valence electrons. The van der Waals surface area contributed by atoms with Crippen LogP contribution in [0.1, 0.15) is 31.2 Å². The highest BCUT2D eigenvalue weighted by Crippen LogP contribution is 2.40. The molecule has 10 heteroatoms. The van der Waals surface area contributed by atoms with E-state index in [9.17, 15) is 9.90 Å². The lowest BCUT2D eigenvalue weighted by Gasteiger charge is -2.15. The number of nitrogens with zero attached hydrogens (tertiary/aromatic N) is 4. The first-order chi connectivity index (χ1) is 14.5. The van der Waals surface area contributed by atoms with E-state index in [0.29, 0.717) is 33.6 Å². The van der Waals surface area contributed by atoms with Gasteiger partial charge in [-0.15, -0.1) is 0 Å². The molecule has 3 aromatic heterocycles. The van der Waals surface area contributed by atoms with Crippen molar-refractivity contribution in [2.45, 2.75) is 25.7 Å². The van der Waals surface area contributed by atoms with E-state index < -0.39 is 11.7 Å². The molecular formula is C20H18ClFN6O2. The van der Waals surface area contributed by atoms with Gasteiger partial charge in [0.2, 0.25) is 5.91 Å². The molecule has 0 saturated heterocycles. The number of H-pyrrole nitrogens is 1. The summed E-state index contributed by atoms with van der Waals surface area (Å²) in [5, 5.41) is 19.7. The second-order valence-corrected chi connectivity index (χ2v) is 7.96. The van der Waals surface area contributed by atoms with Gasteiger partial charge in [0.05, 0.1) is 34.8 Å². The topological polar surface area (TPSA) is 108 Å². The van der Waals surface area contributed by atoms with Crippen molar-refractivity contribution < 1.29 is 14.3 Å². The summed E-state index contributed by atoms with van der Waals surface area (Å²) in [6.45, 7) is 1.48. The fraction of sp³-hybridized carbons (Fsp3) is 0.300. The normalized spacial score (nSPS) is 15.1. The molecular weight excluding hydrogens is 411 g/mol. The molecule has 0 aliphatic heterocycles. The second-order valence-electron chi connectivity index (χ2n) is 7.59.